The molecule has 1 aromatic carbocycles. The van der Waals surface area contributed by atoms with Crippen LogP contribution < -0.4 is 11.1 Å². The molecule has 2 aromatic rings. The fourth-order valence-corrected chi connectivity index (χ4v) is 2.33. The smallest absolute Gasteiger partial charge is 0.193 e. The van der Waals surface area contributed by atoms with Crippen molar-refractivity contribution in [1.82, 2.24) is 4.57 Å². The lowest BCUT2D eigenvalue weighted by Crippen LogP contribution is -2.22. The van der Waals surface area contributed by atoms with Gasteiger partial charge in [0.05, 0.1) is 11.6 Å². The summed E-state index contributed by atoms with van der Waals surface area (Å²) in [6, 6.07) is 7.84. The number of rotatable bonds is 3. The molecule has 0 aliphatic heterocycles. The van der Waals surface area contributed by atoms with Crippen molar-refractivity contribution in [3.63, 3.8) is 0 Å². The van der Waals surface area contributed by atoms with Crippen LogP contribution in [0.1, 0.15) is 16.8 Å². The van der Waals surface area contributed by atoms with Gasteiger partial charge in [-0.05, 0) is 43.2 Å². The zero-order valence-corrected chi connectivity index (χ0v) is 13.8. The van der Waals surface area contributed by atoms with Crippen molar-refractivity contribution in [1.29, 1.82) is 0 Å². The maximum absolute atomic E-state index is 6.01. The highest BCUT2D eigenvalue weighted by Gasteiger charge is 2.08. The van der Waals surface area contributed by atoms with E-state index in [1.807, 2.05) is 25.2 Å². The van der Waals surface area contributed by atoms with Crippen LogP contribution in [0.25, 0.3) is 0 Å². The minimum absolute atomic E-state index is 0.353. The number of halogens is 2. The van der Waals surface area contributed by atoms with Crippen molar-refractivity contribution in [2.45, 2.75) is 20.4 Å². The summed E-state index contributed by atoms with van der Waals surface area (Å²) in [5.74, 6) is 0.353. The Hall–Kier alpha value is -1.65. The van der Waals surface area contributed by atoms with E-state index in [4.69, 9.17) is 28.9 Å². The molecule has 0 spiro atoms. The largest absolute Gasteiger partial charge is 0.370 e. The zero-order valence-electron chi connectivity index (χ0n) is 12.2. The predicted molar refractivity (Wildman–Crippen MR) is 90.3 cm³/mol. The molecule has 4 nitrogen and oxygen atoms in total. The number of anilines is 1. The fraction of sp³-hybridized carbons (Fsp3) is 0.267. The third-order valence-electron chi connectivity index (χ3n) is 3.41. The van der Waals surface area contributed by atoms with Gasteiger partial charge in [0.1, 0.15) is 5.15 Å². The van der Waals surface area contributed by atoms with E-state index in [2.05, 4.69) is 24.2 Å². The lowest BCUT2D eigenvalue weighted by atomic mass is 10.1. The van der Waals surface area contributed by atoms with Gasteiger partial charge < -0.3 is 15.6 Å². The number of nitrogens with zero attached hydrogens (tertiary/aromatic N) is 2. The van der Waals surface area contributed by atoms with Crippen molar-refractivity contribution in [3.05, 3.63) is 51.3 Å². The Morgan fingerprint density at radius 2 is 1.95 bits per heavy atom. The van der Waals surface area contributed by atoms with E-state index in [0.29, 0.717) is 22.7 Å². The molecule has 0 aliphatic carbocycles. The fourth-order valence-electron chi connectivity index (χ4n) is 1.91. The molecule has 3 N–H and O–H groups in total. The first kappa shape index (κ1) is 15.7. The van der Waals surface area contributed by atoms with Crippen molar-refractivity contribution < 1.29 is 0 Å². The van der Waals surface area contributed by atoms with Crippen LogP contribution in [0.15, 0.2) is 29.3 Å². The van der Waals surface area contributed by atoms with Gasteiger partial charge in [-0.15, -0.1) is 0 Å². The van der Waals surface area contributed by atoms with Crippen LogP contribution in [0.3, 0.4) is 0 Å². The molecule has 0 amide bonds. The molecule has 6 heteroatoms. The van der Waals surface area contributed by atoms with Crippen LogP contribution >= 0.6 is 23.2 Å². The van der Waals surface area contributed by atoms with Gasteiger partial charge in [-0.2, -0.15) is 0 Å². The predicted octanol–water partition coefficient (Wildman–Crippen LogP) is 3.88. The van der Waals surface area contributed by atoms with Crippen LogP contribution in [0.4, 0.5) is 5.69 Å². The molecule has 0 atom stereocenters. The Morgan fingerprint density at radius 1 is 1.24 bits per heavy atom. The van der Waals surface area contributed by atoms with Gasteiger partial charge in [0, 0.05) is 18.4 Å². The Morgan fingerprint density at radius 3 is 2.52 bits per heavy atom. The summed E-state index contributed by atoms with van der Waals surface area (Å²) in [4.78, 5) is 4.30. The van der Waals surface area contributed by atoms with E-state index in [1.165, 1.54) is 11.1 Å². The number of nitrogens with one attached hydrogen (secondary N) is 1. The second kappa shape index (κ2) is 6.41. The number of hydrogen-bond acceptors (Lipinski definition) is 1. The van der Waals surface area contributed by atoms with Crippen LogP contribution in [0.5, 0.6) is 0 Å². The Kier molecular flexibility index (Phi) is 4.80. The molecule has 2 rings (SSSR count). The first-order valence-corrected chi connectivity index (χ1v) is 7.28. The normalized spacial score (nSPS) is 11.8. The summed E-state index contributed by atoms with van der Waals surface area (Å²) in [6.45, 7) is 4.54. The minimum Gasteiger partial charge on any atom is -0.370 e. The Balaban J connectivity index is 2.07. The van der Waals surface area contributed by atoms with Crippen LogP contribution in [0, 0.1) is 13.8 Å². The first-order chi connectivity index (χ1) is 9.88. The highest BCUT2D eigenvalue weighted by atomic mass is 35.5. The number of benzene rings is 1. The maximum Gasteiger partial charge on any atom is 0.193 e. The second-order valence-corrected chi connectivity index (χ2v) is 5.72. The summed E-state index contributed by atoms with van der Waals surface area (Å²) in [5.41, 5.74) is 10.2. The van der Waals surface area contributed by atoms with E-state index in [1.54, 1.807) is 10.6 Å². The number of guanidine groups is 1. The molecule has 1 aromatic heterocycles. The monoisotopic (exact) mass is 324 g/mol. The van der Waals surface area contributed by atoms with Gasteiger partial charge in [0.15, 0.2) is 5.96 Å². The second-order valence-electron chi connectivity index (χ2n) is 4.96. The summed E-state index contributed by atoms with van der Waals surface area (Å²) in [5, 5.41) is 4.09. The van der Waals surface area contributed by atoms with E-state index in [9.17, 15) is 0 Å². The van der Waals surface area contributed by atoms with Gasteiger partial charge in [-0.1, -0.05) is 29.3 Å². The topological polar surface area (TPSA) is 55.3 Å². The number of aromatic nitrogens is 1. The molecule has 0 saturated carbocycles. The van der Waals surface area contributed by atoms with E-state index in [-0.39, 0.29) is 0 Å². The number of aryl methyl sites for hydroxylation is 2. The zero-order chi connectivity index (χ0) is 15.6. The lowest BCUT2D eigenvalue weighted by Gasteiger charge is -2.08. The van der Waals surface area contributed by atoms with Gasteiger partial charge in [0.2, 0.25) is 0 Å². The number of hydrogen-bond donors (Lipinski definition) is 2. The van der Waals surface area contributed by atoms with Crippen LogP contribution in [-0.4, -0.2) is 10.5 Å². The highest BCUT2D eigenvalue weighted by molar-refractivity contribution is 6.41. The molecule has 0 aliphatic rings. The Labute approximate surface area is 134 Å². The standard InChI is InChI=1S/C15H18Cl2N4/c1-9-4-5-11(6-10(9)2)20-15(18)19-8-12-7-13(16)14(17)21(12)3/h4-7H,8H2,1-3H3,(H3,18,19,20). The number of nitrogens with two attached hydrogens (primary N) is 1. The van der Waals surface area contributed by atoms with Gasteiger partial charge in [-0.25, -0.2) is 4.99 Å². The van der Waals surface area contributed by atoms with E-state index in [0.717, 1.165) is 11.4 Å². The highest BCUT2D eigenvalue weighted by Crippen LogP contribution is 2.25. The average molecular weight is 325 g/mol. The molecule has 21 heavy (non-hydrogen) atoms. The SMILES string of the molecule is Cc1ccc(NC(N)=NCc2cc(Cl)c(Cl)n2C)cc1C. The van der Waals surface area contributed by atoms with Crippen LogP contribution in [0.2, 0.25) is 10.2 Å². The molecular weight excluding hydrogens is 307 g/mol. The van der Waals surface area contributed by atoms with Gasteiger partial charge >= 0.3 is 0 Å². The third-order valence-corrected chi connectivity index (χ3v) is 4.25. The molecule has 0 bridgehead atoms. The van der Waals surface area contributed by atoms with Crippen LogP contribution in [-0.2, 0) is 13.6 Å². The maximum atomic E-state index is 6.01. The van der Waals surface area contributed by atoms with E-state index >= 15 is 0 Å². The molecule has 112 valence electrons. The lowest BCUT2D eigenvalue weighted by molar-refractivity contribution is 0.825. The molecule has 0 fully saturated rings. The molecule has 1 heterocycles. The summed E-state index contributed by atoms with van der Waals surface area (Å²) < 4.78 is 1.79. The molecule has 0 radical (unpaired) electrons. The van der Waals surface area contributed by atoms with Crippen molar-refractivity contribution in [3.8, 4) is 0 Å². The molecule has 0 unspecified atom stereocenters. The molecule has 0 saturated heterocycles. The van der Waals surface area contributed by atoms with Crippen molar-refractivity contribution in [2.75, 3.05) is 5.32 Å². The molecular formula is C15H18Cl2N4. The van der Waals surface area contributed by atoms with Gasteiger partial charge in [0.25, 0.3) is 0 Å². The number of aliphatic imine (C=N–C) groups is 1. The van der Waals surface area contributed by atoms with Gasteiger partial charge in [-0.3, -0.25) is 0 Å². The first-order valence-electron chi connectivity index (χ1n) is 6.52. The third kappa shape index (κ3) is 3.71. The minimum atomic E-state index is 0.353. The van der Waals surface area contributed by atoms with Crippen molar-refractivity contribution in [2.24, 2.45) is 17.8 Å². The van der Waals surface area contributed by atoms with E-state index < -0.39 is 0 Å². The summed E-state index contributed by atoms with van der Waals surface area (Å²) >= 11 is 12.0. The quantitative estimate of drug-likeness (QED) is 0.665. The van der Waals surface area contributed by atoms with Crippen molar-refractivity contribution >= 4 is 34.8 Å². The summed E-state index contributed by atoms with van der Waals surface area (Å²) in [7, 11) is 1.84. The summed E-state index contributed by atoms with van der Waals surface area (Å²) in [6.07, 6.45) is 0. The average Bonchev–Trinajstić information content (AvgIpc) is 2.68. The Bertz CT molecular complexity index is 689.